The smallest absolute Gasteiger partial charge is 0.252 e. The standard InChI is InChI=1S/C16H20FNO2/c1-12(2)8-9-18-16(20)15-7-6-14(17)11-13(15)5-3-4-10-19/h6-7,11-12,19H,4,8-10H2,1-2H3,(H,18,20). The fraction of sp³-hybridized carbons (Fsp3) is 0.438. The first-order chi connectivity index (χ1) is 9.54. The van der Waals surface area contributed by atoms with Gasteiger partial charge in [-0.2, -0.15) is 0 Å². The van der Waals surface area contributed by atoms with E-state index in [1.54, 1.807) is 0 Å². The lowest BCUT2D eigenvalue weighted by Crippen LogP contribution is -2.26. The molecule has 0 atom stereocenters. The molecular formula is C16H20FNO2. The molecule has 2 N–H and O–H groups in total. The predicted molar refractivity (Wildman–Crippen MR) is 76.8 cm³/mol. The molecule has 0 aromatic heterocycles. The number of hydrogen-bond acceptors (Lipinski definition) is 2. The number of aliphatic hydroxyl groups excluding tert-OH is 1. The Morgan fingerprint density at radius 2 is 2.20 bits per heavy atom. The SMILES string of the molecule is CC(C)CCNC(=O)c1ccc(F)cc1C#CCCO. The molecule has 1 aromatic rings. The monoisotopic (exact) mass is 277 g/mol. The summed E-state index contributed by atoms with van der Waals surface area (Å²) in [5.74, 6) is 5.25. The quantitative estimate of drug-likeness (QED) is 0.812. The average Bonchev–Trinajstić information content (AvgIpc) is 2.38. The minimum atomic E-state index is -0.433. The van der Waals surface area contributed by atoms with Crippen LogP contribution in [0.3, 0.4) is 0 Å². The summed E-state index contributed by atoms with van der Waals surface area (Å²) in [5, 5.41) is 11.5. The molecule has 0 saturated carbocycles. The topological polar surface area (TPSA) is 49.3 Å². The van der Waals surface area contributed by atoms with Crippen LogP contribution in [0.2, 0.25) is 0 Å². The number of carbonyl (C=O) groups is 1. The number of aliphatic hydroxyl groups is 1. The normalized spacial score (nSPS) is 10.1. The highest BCUT2D eigenvalue weighted by molar-refractivity contribution is 5.96. The lowest BCUT2D eigenvalue weighted by atomic mass is 10.1. The molecule has 0 aliphatic heterocycles. The number of halogens is 1. The van der Waals surface area contributed by atoms with Gasteiger partial charge in [0.05, 0.1) is 12.2 Å². The van der Waals surface area contributed by atoms with Gasteiger partial charge in [0.2, 0.25) is 0 Å². The molecule has 0 unspecified atom stereocenters. The van der Waals surface area contributed by atoms with Crippen molar-refractivity contribution < 1.29 is 14.3 Å². The molecule has 108 valence electrons. The summed E-state index contributed by atoms with van der Waals surface area (Å²) in [7, 11) is 0. The lowest BCUT2D eigenvalue weighted by molar-refractivity contribution is 0.0951. The summed E-state index contributed by atoms with van der Waals surface area (Å²) in [6, 6.07) is 3.92. The van der Waals surface area contributed by atoms with Gasteiger partial charge in [0, 0.05) is 18.5 Å². The van der Waals surface area contributed by atoms with Gasteiger partial charge in [-0.3, -0.25) is 4.79 Å². The Bertz CT molecular complexity index is 515. The first-order valence-electron chi connectivity index (χ1n) is 6.72. The van der Waals surface area contributed by atoms with E-state index < -0.39 is 5.82 Å². The fourth-order valence-electron chi connectivity index (χ4n) is 1.60. The third-order valence-electron chi connectivity index (χ3n) is 2.69. The number of carbonyl (C=O) groups excluding carboxylic acids is 1. The van der Waals surface area contributed by atoms with Crippen LogP contribution in [-0.2, 0) is 0 Å². The van der Waals surface area contributed by atoms with E-state index in [2.05, 4.69) is 31.0 Å². The molecule has 4 heteroatoms. The Kier molecular flexibility index (Phi) is 6.75. The lowest BCUT2D eigenvalue weighted by Gasteiger charge is -2.08. The zero-order chi connectivity index (χ0) is 15.0. The van der Waals surface area contributed by atoms with Gasteiger partial charge in [0.1, 0.15) is 5.82 Å². The third-order valence-corrected chi connectivity index (χ3v) is 2.69. The Labute approximate surface area is 119 Å². The van der Waals surface area contributed by atoms with Gasteiger partial charge in [0.25, 0.3) is 5.91 Å². The Balaban J connectivity index is 2.83. The van der Waals surface area contributed by atoms with E-state index >= 15 is 0 Å². The van der Waals surface area contributed by atoms with Crippen LogP contribution in [0.5, 0.6) is 0 Å². The summed E-state index contributed by atoms with van der Waals surface area (Å²) in [6.07, 6.45) is 1.18. The van der Waals surface area contributed by atoms with E-state index in [1.807, 2.05) is 0 Å². The van der Waals surface area contributed by atoms with Crippen LogP contribution in [0.25, 0.3) is 0 Å². The van der Waals surface area contributed by atoms with Gasteiger partial charge >= 0.3 is 0 Å². The van der Waals surface area contributed by atoms with E-state index in [-0.39, 0.29) is 12.5 Å². The van der Waals surface area contributed by atoms with E-state index in [1.165, 1.54) is 18.2 Å². The Morgan fingerprint density at radius 3 is 2.85 bits per heavy atom. The van der Waals surface area contributed by atoms with Crippen LogP contribution in [-0.4, -0.2) is 24.2 Å². The molecule has 20 heavy (non-hydrogen) atoms. The molecule has 1 rings (SSSR count). The molecule has 0 radical (unpaired) electrons. The Hall–Kier alpha value is -1.86. The number of nitrogens with one attached hydrogen (secondary N) is 1. The summed E-state index contributed by atoms with van der Waals surface area (Å²) in [6.45, 7) is 4.68. The second kappa shape index (κ2) is 8.34. The van der Waals surface area contributed by atoms with Crippen molar-refractivity contribution in [1.82, 2.24) is 5.32 Å². The van der Waals surface area contributed by atoms with Crippen LogP contribution < -0.4 is 5.32 Å². The minimum Gasteiger partial charge on any atom is -0.395 e. The first-order valence-corrected chi connectivity index (χ1v) is 6.72. The summed E-state index contributed by atoms with van der Waals surface area (Å²) >= 11 is 0. The molecule has 0 heterocycles. The third kappa shape index (κ3) is 5.41. The van der Waals surface area contributed by atoms with E-state index in [0.29, 0.717) is 30.0 Å². The van der Waals surface area contributed by atoms with E-state index in [4.69, 9.17) is 5.11 Å². The zero-order valence-corrected chi connectivity index (χ0v) is 11.9. The van der Waals surface area contributed by atoms with E-state index in [0.717, 1.165) is 6.42 Å². The summed E-state index contributed by atoms with van der Waals surface area (Å²) in [4.78, 5) is 12.0. The molecule has 0 bridgehead atoms. The second-order valence-corrected chi connectivity index (χ2v) is 4.90. The molecule has 0 aliphatic carbocycles. The van der Waals surface area contributed by atoms with Crippen molar-refractivity contribution in [2.24, 2.45) is 5.92 Å². The number of benzene rings is 1. The van der Waals surface area contributed by atoms with Crippen molar-refractivity contribution in [2.45, 2.75) is 26.7 Å². The van der Waals surface area contributed by atoms with Crippen molar-refractivity contribution in [2.75, 3.05) is 13.2 Å². The highest BCUT2D eigenvalue weighted by atomic mass is 19.1. The fourth-order valence-corrected chi connectivity index (χ4v) is 1.60. The van der Waals surface area contributed by atoms with Gasteiger partial charge < -0.3 is 10.4 Å². The average molecular weight is 277 g/mol. The van der Waals surface area contributed by atoms with Gasteiger partial charge in [-0.15, -0.1) is 0 Å². The van der Waals surface area contributed by atoms with Gasteiger partial charge in [-0.25, -0.2) is 4.39 Å². The van der Waals surface area contributed by atoms with Crippen LogP contribution in [0.1, 0.15) is 42.6 Å². The molecule has 1 aromatic carbocycles. The van der Waals surface area contributed by atoms with Crippen LogP contribution in [0.15, 0.2) is 18.2 Å². The maximum Gasteiger partial charge on any atom is 0.252 e. The first kappa shape index (κ1) is 16.2. The highest BCUT2D eigenvalue weighted by Crippen LogP contribution is 2.10. The molecule has 1 amide bonds. The molecular weight excluding hydrogens is 257 g/mol. The van der Waals surface area contributed by atoms with Crippen LogP contribution in [0, 0.1) is 23.6 Å². The van der Waals surface area contributed by atoms with Crippen molar-refractivity contribution in [3.63, 3.8) is 0 Å². The van der Waals surface area contributed by atoms with Crippen molar-refractivity contribution in [3.05, 3.63) is 35.1 Å². The second-order valence-electron chi connectivity index (χ2n) is 4.90. The predicted octanol–water partition coefficient (Wildman–Crippen LogP) is 2.34. The van der Waals surface area contributed by atoms with Crippen molar-refractivity contribution in [1.29, 1.82) is 0 Å². The number of rotatable bonds is 5. The van der Waals surface area contributed by atoms with Crippen LogP contribution in [0.4, 0.5) is 4.39 Å². The van der Waals surface area contributed by atoms with Gasteiger partial charge in [-0.05, 0) is 30.5 Å². The largest absolute Gasteiger partial charge is 0.395 e. The maximum atomic E-state index is 13.2. The summed E-state index contributed by atoms with van der Waals surface area (Å²) < 4.78 is 13.2. The van der Waals surface area contributed by atoms with Gasteiger partial charge in [-0.1, -0.05) is 25.7 Å². The molecule has 0 aliphatic rings. The Morgan fingerprint density at radius 1 is 1.45 bits per heavy atom. The highest BCUT2D eigenvalue weighted by Gasteiger charge is 2.10. The van der Waals surface area contributed by atoms with Crippen molar-refractivity contribution in [3.8, 4) is 11.8 Å². The summed E-state index contributed by atoms with van der Waals surface area (Å²) in [5.41, 5.74) is 0.709. The van der Waals surface area contributed by atoms with Crippen molar-refractivity contribution >= 4 is 5.91 Å². The zero-order valence-electron chi connectivity index (χ0n) is 11.9. The molecule has 3 nitrogen and oxygen atoms in total. The number of hydrogen-bond donors (Lipinski definition) is 2. The molecule has 0 spiro atoms. The molecule has 0 fully saturated rings. The minimum absolute atomic E-state index is 0.0573. The van der Waals surface area contributed by atoms with E-state index in [9.17, 15) is 9.18 Å². The maximum absolute atomic E-state index is 13.2. The number of amides is 1. The van der Waals surface area contributed by atoms with Crippen LogP contribution >= 0.6 is 0 Å². The van der Waals surface area contributed by atoms with Gasteiger partial charge in [0.15, 0.2) is 0 Å². The molecule has 0 saturated heterocycles.